The largest absolute Gasteiger partial charge is 0.399 e. The average molecular weight is 354 g/mol. The van der Waals surface area contributed by atoms with Crippen LogP contribution in [-0.2, 0) is 19.9 Å². The Morgan fingerprint density at radius 3 is 1.96 bits per heavy atom. The summed E-state index contributed by atoms with van der Waals surface area (Å²) in [7, 11) is -8.24. The maximum atomic E-state index is 13.0. The van der Waals surface area contributed by atoms with Crippen LogP contribution in [0.15, 0.2) is 45.0 Å². The number of hydrogen-bond donors (Lipinski definition) is 2. The van der Waals surface area contributed by atoms with E-state index >= 15 is 0 Å². The first-order valence-electron chi connectivity index (χ1n) is 6.70. The first kappa shape index (κ1) is 17.5. The molecule has 0 radical (unpaired) electrons. The zero-order valence-electron chi connectivity index (χ0n) is 13.0. The first-order chi connectivity index (χ1) is 10.4. The van der Waals surface area contributed by atoms with Crippen molar-refractivity contribution in [2.24, 2.45) is 5.14 Å². The molecular weight excluding hydrogens is 336 g/mol. The van der Waals surface area contributed by atoms with Crippen molar-refractivity contribution in [1.82, 2.24) is 0 Å². The number of anilines is 1. The smallest absolute Gasteiger partial charge is 0.239 e. The van der Waals surface area contributed by atoms with Crippen molar-refractivity contribution < 1.29 is 16.8 Å². The van der Waals surface area contributed by atoms with E-state index in [0.717, 1.165) is 0 Å². The molecule has 0 aliphatic heterocycles. The van der Waals surface area contributed by atoms with Gasteiger partial charge in [0, 0.05) is 5.69 Å². The molecule has 0 aliphatic rings. The normalized spacial score (nSPS) is 12.3. The summed E-state index contributed by atoms with van der Waals surface area (Å²) < 4.78 is 49.4. The Kier molecular flexibility index (Phi) is 4.27. The quantitative estimate of drug-likeness (QED) is 0.812. The number of sulfonamides is 1. The molecule has 0 saturated heterocycles. The van der Waals surface area contributed by atoms with E-state index < -0.39 is 24.8 Å². The molecule has 0 heterocycles. The predicted octanol–water partition coefficient (Wildman–Crippen LogP) is 1.67. The standard InChI is InChI=1S/C15H18N2O4S2/c1-9-4-5-13(23(17,20)21)15(6-9)22(18,19)14-8-10(2)12(16)7-11(14)3/h4-8H,16H2,1-3H3,(H2,17,20,21). The molecule has 2 aromatic rings. The lowest BCUT2D eigenvalue weighted by molar-refractivity contribution is 0.583. The molecule has 124 valence electrons. The van der Waals surface area contributed by atoms with Crippen LogP contribution in [0.5, 0.6) is 0 Å². The number of nitrogens with two attached hydrogens (primary N) is 2. The highest BCUT2D eigenvalue weighted by molar-refractivity contribution is 7.93. The van der Waals surface area contributed by atoms with Gasteiger partial charge in [-0.3, -0.25) is 0 Å². The van der Waals surface area contributed by atoms with E-state index in [9.17, 15) is 16.8 Å². The van der Waals surface area contributed by atoms with Crippen LogP contribution in [-0.4, -0.2) is 16.8 Å². The third-order valence-electron chi connectivity index (χ3n) is 3.55. The highest BCUT2D eigenvalue weighted by Gasteiger charge is 2.28. The van der Waals surface area contributed by atoms with Gasteiger partial charge in [0.2, 0.25) is 19.9 Å². The van der Waals surface area contributed by atoms with Crippen LogP contribution in [0.25, 0.3) is 0 Å². The molecule has 2 aromatic carbocycles. The van der Waals surface area contributed by atoms with Crippen LogP contribution in [0, 0.1) is 20.8 Å². The molecule has 0 saturated carbocycles. The average Bonchev–Trinajstić information content (AvgIpc) is 2.41. The molecule has 6 nitrogen and oxygen atoms in total. The monoisotopic (exact) mass is 354 g/mol. The molecule has 0 spiro atoms. The Morgan fingerprint density at radius 2 is 1.39 bits per heavy atom. The number of benzene rings is 2. The molecule has 8 heteroatoms. The van der Waals surface area contributed by atoms with Crippen LogP contribution in [0.2, 0.25) is 0 Å². The van der Waals surface area contributed by atoms with Crippen LogP contribution < -0.4 is 10.9 Å². The van der Waals surface area contributed by atoms with Crippen molar-refractivity contribution in [3.63, 3.8) is 0 Å². The Morgan fingerprint density at radius 1 is 0.783 bits per heavy atom. The van der Waals surface area contributed by atoms with E-state index in [0.29, 0.717) is 22.4 Å². The molecule has 2 rings (SSSR count). The summed E-state index contributed by atoms with van der Waals surface area (Å²) in [6.45, 7) is 4.97. The highest BCUT2D eigenvalue weighted by atomic mass is 32.2. The number of hydrogen-bond acceptors (Lipinski definition) is 5. The molecule has 4 N–H and O–H groups in total. The van der Waals surface area contributed by atoms with Gasteiger partial charge < -0.3 is 5.73 Å². The van der Waals surface area contributed by atoms with Gasteiger partial charge in [-0.1, -0.05) is 6.07 Å². The van der Waals surface area contributed by atoms with Crippen LogP contribution in [0.4, 0.5) is 5.69 Å². The van der Waals surface area contributed by atoms with E-state index in [1.165, 1.54) is 24.3 Å². The summed E-state index contributed by atoms with van der Waals surface area (Å²) in [4.78, 5) is -0.732. The summed E-state index contributed by atoms with van der Waals surface area (Å²) in [5.74, 6) is 0. The van der Waals surface area contributed by atoms with Gasteiger partial charge in [-0.05, 0) is 61.7 Å². The SMILES string of the molecule is Cc1ccc(S(N)(=O)=O)c(S(=O)(=O)c2cc(C)c(N)cc2C)c1. The molecule has 0 bridgehead atoms. The van der Waals surface area contributed by atoms with Gasteiger partial charge >= 0.3 is 0 Å². The summed E-state index contributed by atoms with van der Waals surface area (Å²) in [6.07, 6.45) is 0. The lowest BCUT2D eigenvalue weighted by Gasteiger charge is -2.14. The fourth-order valence-electron chi connectivity index (χ4n) is 2.28. The predicted molar refractivity (Wildman–Crippen MR) is 88.3 cm³/mol. The molecule has 0 fully saturated rings. The van der Waals surface area contributed by atoms with Gasteiger partial charge in [0.1, 0.15) is 4.90 Å². The zero-order valence-corrected chi connectivity index (χ0v) is 14.6. The fraction of sp³-hybridized carbons (Fsp3) is 0.200. The van der Waals surface area contributed by atoms with Gasteiger partial charge in [-0.15, -0.1) is 0 Å². The molecule has 0 atom stereocenters. The van der Waals surface area contributed by atoms with Crippen LogP contribution in [0.1, 0.15) is 16.7 Å². The number of aryl methyl sites for hydroxylation is 3. The second-order valence-electron chi connectivity index (χ2n) is 5.47. The number of primary sulfonamides is 1. The third kappa shape index (κ3) is 3.24. The van der Waals surface area contributed by atoms with Crippen molar-refractivity contribution in [1.29, 1.82) is 0 Å². The molecule has 0 amide bonds. The Bertz CT molecular complexity index is 994. The maximum absolute atomic E-state index is 13.0. The van der Waals surface area contributed by atoms with E-state index in [4.69, 9.17) is 10.9 Å². The maximum Gasteiger partial charge on any atom is 0.239 e. The first-order valence-corrected chi connectivity index (χ1v) is 9.73. The zero-order chi connectivity index (χ0) is 17.6. The van der Waals surface area contributed by atoms with E-state index in [2.05, 4.69) is 0 Å². The van der Waals surface area contributed by atoms with Crippen LogP contribution >= 0.6 is 0 Å². The second-order valence-corrected chi connectivity index (χ2v) is 8.89. The summed E-state index contributed by atoms with van der Waals surface area (Å²) in [5.41, 5.74) is 7.90. The minimum absolute atomic E-state index is 0.0136. The van der Waals surface area contributed by atoms with Crippen molar-refractivity contribution in [2.75, 3.05) is 5.73 Å². The van der Waals surface area contributed by atoms with Crippen molar-refractivity contribution in [2.45, 2.75) is 35.5 Å². The van der Waals surface area contributed by atoms with Gasteiger partial charge in [0.25, 0.3) is 0 Å². The Hall–Kier alpha value is -1.90. The summed E-state index contributed by atoms with van der Waals surface area (Å²) in [5, 5.41) is 5.16. The summed E-state index contributed by atoms with van der Waals surface area (Å²) >= 11 is 0. The second kappa shape index (κ2) is 5.63. The number of nitrogen functional groups attached to an aromatic ring is 1. The highest BCUT2D eigenvalue weighted by Crippen LogP contribution is 2.31. The Labute approximate surface area is 136 Å². The van der Waals surface area contributed by atoms with Gasteiger partial charge in [-0.25, -0.2) is 22.0 Å². The van der Waals surface area contributed by atoms with E-state index in [-0.39, 0.29) is 9.79 Å². The molecule has 0 unspecified atom stereocenters. The molecule has 0 aromatic heterocycles. The fourth-order valence-corrected chi connectivity index (χ4v) is 5.28. The van der Waals surface area contributed by atoms with Gasteiger partial charge in [0.05, 0.1) is 9.79 Å². The summed E-state index contributed by atoms with van der Waals surface area (Å²) in [6, 6.07) is 7.00. The van der Waals surface area contributed by atoms with Crippen molar-refractivity contribution in [3.05, 3.63) is 47.0 Å². The van der Waals surface area contributed by atoms with E-state index in [1.54, 1.807) is 26.8 Å². The topological polar surface area (TPSA) is 120 Å². The molecule has 23 heavy (non-hydrogen) atoms. The van der Waals surface area contributed by atoms with E-state index in [1.807, 2.05) is 0 Å². The minimum atomic E-state index is -4.18. The minimum Gasteiger partial charge on any atom is -0.399 e. The lowest BCUT2D eigenvalue weighted by atomic mass is 10.1. The Balaban J connectivity index is 2.86. The number of rotatable bonds is 3. The van der Waals surface area contributed by atoms with Crippen molar-refractivity contribution >= 4 is 25.5 Å². The lowest BCUT2D eigenvalue weighted by Crippen LogP contribution is -2.17. The van der Waals surface area contributed by atoms with Crippen LogP contribution in [0.3, 0.4) is 0 Å². The van der Waals surface area contributed by atoms with Crippen molar-refractivity contribution in [3.8, 4) is 0 Å². The van der Waals surface area contributed by atoms with Gasteiger partial charge in [-0.2, -0.15) is 0 Å². The molecular formula is C15H18N2O4S2. The number of sulfone groups is 1. The molecule has 0 aliphatic carbocycles. The van der Waals surface area contributed by atoms with Gasteiger partial charge in [0.15, 0.2) is 0 Å². The third-order valence-corrected chi connectivity index (χ3v) is 6.58.